The summed E-state index contributed by atoms with van der Waals surface area (Å²) in [6.45, 7) is 6.34. The second kappa shape index (κ2) is 5.52. The first-order valence-corrected chi connectivity index (χ1v) is 4.10. The summed E-state index contributed by atoms with van der Waals surface area (Å²) in [6.07, 6.45) is 1.24. The second-order valence-corrected chi connectivity index (χ2v) is 3.30. The molecule has 3 heteroatoms. The fourth-order valence-electron chi connectivity index (χ4n) is 0.986. The summed E-state index contributed by atoms with van der Waals surface area (Å²) in [6, 6.07) is 0.352. The molecule has 11 heavy (non-hydrogen) atoms. The van der Waals surface area contributed by atoms with Gasteiger partial charge in [-0.05, 0) is 19.3 Å². The lowest BCUT2D eigenvalue weighted by atomic mass is 9.99. The van der Waals surface area contributed by atoms with Crippen molar-refractivity contribution in [3.63, 3.8) is 0 Å². The maximum atomic E-state index is 5.37. The third-order valence-electron chi connectivity index (χ3n) is 2.01. The van der Waals surface area contributed by atoms with E-state index in [4.69, 9.17) is 10.6 Å². The summed E-state index contributed by atoms with van der Waals surface area (Å²) >= 11 is 0. The summed E-state index contributed by atoms with van der Waals surface area (Å²) in [5, 5.41) is 0. The van der Waals surface area contributed by atoms with Gasteiger partial charge < -0.3 is 4.74 Å². The number of rotatable bonds is 5. The number of nitrogens with two attached hydrogens (primary N) is 1. The first kappa shape index (κ1) is 10.9. The van der Waals surface area contributed by atoms with Gasteiger partial charge in [-0.2, -0.15) is 0 Å². The van der Waals surface area contributed by atoms with Crippen molar-refractivity contribution < 1.29 is 4.74 Å². The average molecular weight is 160 g/mol. The second-order valence-electron chi connectivity index (χ2n) is 3.30. The van der Waals surface area contributed by atoms with Crippen LogP contribution in [0.3, 0.4) is 0 Å². The minimum atomic E-state index is 0.276. The minimum absolute atomic E-state index is 0.276. The monoisotopic (exact) mass is 160 g/mol. The Morgan fingerprint density at radius 3 is 2.18 bits per heavy atom. The fourth-order valence-corrected chi connectivity index (χ4v) is 0.986. The van der Waals surface area contributed by atoms with Crippen molar-refractivity contribution in [2.24, 2.45) is 11.8 Å². The van der Waals surface area contributed by atoms with Crippen LogP contribution in [0.2, 0.25) is 0 Å². The van der Waals surface area contributed by atoms with Gasteiger partial charge in [0.1, 0.15) is 0 Å². The van der Waals surface area contributed by atoms with Crippen molar-refractivity contribution in [3.8, 4) is 0 Å². The molecule has 0 rings (SSSR count). The highest BCUT2D eigenvalue weighted by molar-refractivity contribution is 4.70. The van der Waals surface area contributed by atoms with E-state index in [-0.39, 0.29) is 6.10 Å². The van der Waals surface area contributed by atoms with E-state index in [1.165, 1.54) is 0 Å². The molecule has 0 aromatic carbocycles. The van der Waals surface area contributed by atoms with Crippen LogP contribution >= 0.6 is 0 Å². The van der Waals surface area contributed by atoms with Gasteiger partial charge in [0, 0.05) is 13.2 Å². The van der Waals surface area contributed by atoms with Crippen molar-refractivity contribution in [2.45, 2.75) is 39.3 Å². The third-order valence-corrected chi connectivity index (χ3v) is 2.01. The van der Waals surface area contributed by atoms with E-state index in [1.54, 1.807) is 7.11 Å². The van der Waals surface area contributed by atoms with Gasteiger partial charge in [0.25, 0.3) is 0 Å². The molecule has 0 aromatic heterocycles. The highest BCUT2D eigenvalue weighted by Crippen LogP contribution is 2.08. The van der Waals surface area contributed by atoms with Crippen molar-refractivity contribution in [1.29, 1.82) is 0 Å². The largest absolute Gasteiger partial charge is 0.382 e. The molecule has 0 saturated heterocycles. The number of nitrogens with one attached hydrogen (secondary N) is 1. The van der Waals surface area contributed by atoms with Gasteiger partial charge in [-0.1, -0.05) is 13.8 Å². The van der Waals surface area contributed by atoms with E-state index in [0.29, 0.717) is 12.0 Å². The van der Waals surface area contributed by atoms with Crippen LogP contribution in [0.1, 0.15) is 27.2 Å². The Morgan fingerprint density at radius 2 is 1.91 bits per heavy atom. The number of hydrogen-bond donors (Lipinski definition) is 2. The van der Waals surface area contributed by atoms with E-state index in [9.17, 15) is 0 Å². The Bertz CT molecular complexity index is 96.1. The predicted octanol–water partition coefficient (Wildman–Crippen LogP) is 0.899. The number of hydrogen-bond acceptors (Lipinski definition) is 3. The van der Waals surface area contributed by atoms with Crippen LogP contribution in [0.25, 0.3) is 0 Å². The number of methoxy groups -OCH3 is 1. The molecule has 0 fully saturated rings. The maximum Gasteiger partial charge on any atom is 0.0558 e. The summed E-state index contributed by atoms with van der Waals surface area (Å²) in [5.74, 6) is 5.92. The zero-order valence-corrected chi connectivity index (χ0v) is 7.92. The van der Waals surface area contributed by atoms with E-state index in [1.807, 2.05) is 6.92 Å². The quantitative estimate of drug-likeness (QED) is 0.464. The molecule has 68 valence electrons. The number of ether oxygens (including phenoxy) is 1. The molecule has 3 N–H and O–H groups in total. The minimum Gasteiger partial charge on any atom is -0.382 e. The molecule has 0 aliphatic carbocycles. The molecule has 3 nitrogen and oxygen atoms in total. The standard InChI is InChI=1S/C8H20N2O/c1-6(2)8(10-9)5-7(3)11-4/h6-8,10H,5,9H2,1-4H3. The first-order chi connectivity index (χ1) is 5.11. The highest BCUT2D eigenvalue weighted by Gasteiger charge is 2.14. The molecular formula is C8H20N2O. The molecular weight excluding hydrogens is 140 g/mol. The topological polar surface area (TPSA) is 47.3 Å². The highest BCUT2D eigenvalue weighted by atomic mass is 16.5. The molecule has 0 aliphatic rings. The molecule has 2 atom stereocenters. The first-order valence-electron chi connectivity index (χ1n) is 4.10. The maximum absolute atomic E-state index is 5.37. The van der Waals surface area contributed by atoms with Crippen LogP contribution in [-0.2, 0) is 4.74 Å². The van der Waals surface area contributed by atoms with Crippen LogP contribution in [0.4, 0.5) is 0 Å². The Balaban J connectivity index is 3.68. The van der Waals surface area contributed by atoms with E-state index < -0.39 is 0 Å². The smallest absolute Gasteiger partial charge is 0.0558 e. The zero-order chi connectivity index (χ0) is 8.85. The SMILES string of the molecule is COC(C)CC(NN)C(C)C. The molecule has 0 bridgehead atoms. The van der Waals surface area contributed by atoms with Crippen molar-refractivity contribution in [1.82, 2.24) is 5.43 Å². The van der Waals surface area contributed by atoms with Gasteiger partial charge in [-0.25, -0.2) is 0 Å². The number of hydrazine groups is 1. The Kier molecular flexibility index (Phi) is 5.46. The average Bonchev–Trinajstić information content (AvgIpc) is 1.99. The molecule has 0 heterocycles. The normalized spacial score (nSPS) is 16.9. The van der Waals surface area contributed by atoms with Gasteiger partial charge >= 0.3 is 0 Å². The van der Waals surface area contributed by atoms with E-state index in [2.05, 4.69) is 19.3 Å². The molecule has 0 spiro atoms. The third kappa shape index (κ3) is 4.35. The van der Waals surface area contributed by atoms with Crippen LogP contribution < -0.4 is 11.3 Å². The van der Waals surface area contributed by atoms with Crippen molar-refractivity contribution in [2.75, 3.05) is 7.11 Å². The van der Waals surface area contributed by atoms with Crippen LogP contribution in [0, 0.1) is 5.92 Å². The summed E-state index contributed by atoms with van der Waals surface area (Å²) in [4.78, 5) is 0. The van der Waals surface area contributed by atoms with E-state index >= 15 is 0 Å². The predicted molar refractivity (Wildman–Crippen MR) is 47.0 cm³/mol. The lowest BCUT2D eigenvalue weighted by Gasteiger charge is -2.22. The van der Waals surface area contributed by atoms with Crippen LogP contribution in [0.5, 0.6) is 0 Å². The van der Waals surface area contributed by atoms with Gasteiger partial charge in [0.2, 0.25) is 0 Å². The van der Waals surface area contributed by atoms with Gasteiger partial charge in [0.05, 0.1) is 6.10 Å². The van der Waals surface area contributed by atoms with Crippen LogP contribution in [0.15, 0.2) is 0 Å². The molecule has 0 saturated carbocycles. The fraction of sp³-hybridized carbons (Fsp3) is 1.00. The lowest BCUT2D eigenvalue weighted by molar-refractivity contribution is 0.0943. The van der Waals surface area contributed by atoms with Crippen LogP contribution in [-0.4, -0.2) is 19.3 Å². The molecule has 2 unspecified atom stereocenters. The Morgan fingerprint density at radius 1 is 1.36 bits per heavy atom. The summed E-state index contributed by atoms with van der Waals surface area (Å²) < 4.78 is 5.14. The van der Waals surface area contributed by atoms with Crippen molar-refractivity contribution in [3.05, 3.63) is 0 Å². The van der Waals surface area contributed by atoms with Crippen molar-refractivity contribution >= 4 is 0 Å². The zero-order valence-electron chi connectivity index (χ0n) is 7.92. The van der Waals surface area contributed by atoms with Gasteiger partial charge in [0.15, 0.2) is 0 Å². The van der Waals surface area contributed by atoms with E-state index in [0.717, 1.165) is 6.42 Å². The molecule has 0 radical (unpaired) electrons. The summed E-state index contributed by atoms with van der Waals surface area (Å²) in [7, 11) is 1.72. The Hall–Kier alpha value is -0.120. The molecule has 0 aliphatic heterocycles. The Labute approximate surface area is 69.3 Å². The summed E-state index contributed by atoms with van der Waals surface area (Å²) in [5.41, 5.74) is 2.79. The van der Waals surface area contributed by atoms with Gasteiger partial charge in [-0.15, -0.1) is 0 Å². The molecule has 0 amide bonds. The molecule has 0 aromatic rings. The lowest BCUT2D eigenvalue weighted by Crippen LogP contribution is -2.41. The van der Waals surface area contributed by atoms with Gasteiger partial charge in [-0.3, -0.25) is 11.3 Å².